The molecule has 5 aliphatic rings. The number of carbonyl (C=O) groups is 3. The lowest BCUT2D eigenvalue weighted by molar-refractivity contribution is -0.132. The van der Waals surface area contributed by atoms with Crippen LogP contribution in [0.25, 0.3) is 0 Å². The molecule has 3 saturated heterocycles. The summed E-state index contributed by atoms with van der Waals surface area (Å²) in [4.78, 5) is 42.4. The van der Waals surface area contributed by atoms with Crippen molar-refractivity contribution in [2.24, 2.45) is 5.92 Å². The number of hydrogen-bond acceptors (Lipinski definition) is 8. The van der Waals surface area contributed by atoms with Gasteiger partial charge in [0.1, 0.15) is 17.3 Å². The molecule has 10 nitrogen and oxygen atoms in total. The van der Waals surface area contributed by atoms with E-state index in [0.717, 1.165) is 68.1 Å². The number of phenols is 1. The fourth-order valence-electron chi connectivity index (χ4n) is 9.16. The minimum atomic E-state index is -0.197. The number of aromatic hydroxyl groups is 1. The highest BCUT2D eigenvalue weighted by molar-refractivity contribution is 5.98. The van der Waals surface area contributed by atoms with E-state index in [2.05, 4.69) is 56.4 Å². The van der Waals surface area contributed by atoms with Crippen molar-refractivity contribution < 1.29 is 28.6 Å². The maximum absolute atomic E-state index is 14.2. The van der Waals surface area contributed by atoms with Crippen molar-refractivity contribution in [1.82, 2.24) is 15.1 Å². The Hall–Kier alpha value is -5.42. The number of nitrogens with zero attached hydrogens (tertiary/aromatic N) is 4. The first kappa shape index (κ1) is 38.5. The molecule has 3 amide bonds. The maximum atomic E-state index is 14.2. The second-order valence-electron chi connectivity index (χ2n) is 16.3. The summed E-state index contributed by atoms with van der Waals surface area (Å²) >= 11 is 0. The first-order valence-electron chi connectivity index (χ1n) is 20.3. The van der Waals surface area contributed by atoms with Gasteiger partial charge in [-0.15, -0.1) is 0 Å². The molecule has 0 saturated carbocycles. The van der Waals surface area contributed by atoms with Crippen LogP contribution < -0.4 is 19.9 Å². The molecule has 3 fully saturated rings. The van der Waals surface area contributed by atoms with E-state index >= 15 is 0 Å². The van der Waals surface area contributed by atoms with E-state index in [-0.39, 0.29) is 41.1 Å². The third kappa shape index (κ3) is 8.49. The Morgan fingerprint density at radius 2 is 1.47 bits per heavy atom. The molecular formula is C46H52FN5O5. The van der Waals surface area contributed by atoms with E-state index in [9.17, 15) is 23.9 Å². The van der Waals surface area contributed by atoms with E-state index in [1.54, 1.807) is 23.1 Å². The van der Waals surface area contributed by atoms with Gasteiger partial charge in [0.15, 0.2) is 0 Å². The molecule has 0 spiro atoms. The number of benzene rings is 4. The first-order chi connectivity index (χ1) is 27.6. The van der Waals surface area contributed by atoms with Gasteiger partial charge < -0.3 is 24.5 Å². The lowest BCUT2D eigenvalue weighted by Gasteiger charge is -2.40. The number of aryl methyl sites for hydroxylation is 1. The molecule has 2 unspecified atom stereocenters. The van der Waals surface area contributed by atoms with Gasteiger partial charge in [0.25, 0.3) is 5.91 Å². The zero-order valence-electron chi connectivity index (χ0n) is 32.9. The van der Waals surface area contributed by atoms with E-state index in [4.69, 9.17) is 4.74 Å². The molecule has 298 valence electrons. The molecule has 0 radical (unpaired) electrons. The van der Waals surface area contributed by atoms with Crippen LogP contribution in [0, 0.1) is 18.7 Å². The number of anilines is 2. The predicted octanol–water partition coefficient (Wildman–Crippen LogP) is 6.59. The number of rotatable bonds is 6. The molecule has 2 N–H and O–H groups in total. The first-order valence-corrected chi connectivity index (χ1v) is 20.3. The van der Waals surface area contributed by atoms with Crippen LogP contribution in [0.1, 0.15) is 82.1 Å². The highest BCUT2D eigenvalue weighted by Crippen LogP contribution is 2.47. The van der Waals surface area contributed by atoms with Crippen molar-refractivity contribution >= 4 is 29.1 Å². The van der Waals surface area contributed by atoms with Crippen LogP contribution in [0.4, 0.5) is 15.8 Å². The summed E-state index contributed by atoms with van der Waals surface area (Å²) in [6.07, 6.45) is 4.11. The van der Waals surface area contributed by atoms with E-state index < -0.39 is 0 Å². The van der Waals surface area contributed by atoms with Crippen LogP contribution in [-0.4, -0.2) is 92.1 Å². The minimum absolute atomic E-state index is 0.0286. The molecule has 0 aliphatic carbocycles. The molecule has 2 atom stereocenters. The van der Waals surface area contributed by atoms with Gasteiger partial charge in [0, 0.05) is 113 Å². The summed E-state index contributed by atoms with van der Waals surface area (Å²) < 4.78 is 20.3. The zero-order chi connectivity index (χ0) is 39.6. The average molecular weight is 774 g/mol. The van der Waals surface area contributed by atoms with Gasteiger partial charge >= 0.3 is 0 Å². The Kier molecular flexibility index (Phi) is 11.2. The van der Waals surface area contributed by atoms with Crippen molar-refractivity contribution in [3.05, 3.63) is 118 Å². The third-order valence-corrected chi connectivity index (χ3v) is 12.4. The van der Waals surface area contributed by atoms with Crippen LogP contribution in [0.15, 0.2) is 78.9 Å². The van der Waals surface area contributed by atoms with Crippen molar-refractivity contribution in [2.75, 3.05) is 69.3 Å². The van der Waals surface area contributed by atoms with Gasteiger partial charge in [-0.05, 0) is 96.8 Å². The third-order valence-electron chi connectivity index (χ3n) is 12.4. The molecule has 5 heterocycles. The van der Waals surface area contributed by atoms with Crippen molar-refractivity contribution in [1.29, 1.82) is 0 Å². The smallest absolute Gasteiger partial charge is 0.254 e. The number of piperazine rings is 1. The summed E-state index contributed by atoms with van der Waals surface area (Å²) in [7, 11) is 1.87. The monoisotopic (exact) mass is 773 g/mol. The summed E-state index contributed by atoms with van der Waals surface area (Å²) in [5, 5.41) is 12.3. The zero-order valence-corrected chi connectivity index (χ0v) is 32.9. The average Bonchev–Trinajstić information content (AvgIpc) is 3.50. The van der Waals surface area contributed by atoms with Crippen LogP contribution >= 0.6 is 0 Å². The summed E-state index contributed by atoms with van der Waals surface area (Å²) in [5.41, 5.74) is 8.42. The number of imide groups is 1. The van der Waals surface area contributed by atoms with Crippen LogP contribution in [-0.2, 0) is 16.1 Å². The van der Waals surface area contributed by atoms with Gasteiger partial charge in [-0.3, -0.25) is 24.6 Å². The van der Waals surface area contributed by atoms with Crippen molar-refractivity contribution in [3.63, 3.8) is 0 Å². The number of halogens is 1. The Balaban J connectivity index is 0.000000509. The molecule has 11 heteroatoms. The van der Waals surface area contributed by atoms with E-state index in [0.29, 0.717) is 49.6 Å². The molecule has 0 bridgehead atoms. The fraction of sp³-hybridized carbons (Fsp3) is 0.413. The second-order valence-corrected chi connectivity index (χ2v) is 16.3. The number of piperidine rings is 2. The summed E-state index contributed by atoms with van der Waals surface area (Å²) in [5.74, 6) is 1.33. The molecule has 9 rings (SSSR count). The number of hydrogen-bond donors (Lipinski definition) is 2. The Morgan fingerprint density at radius 3 is 2.16 bits per heavy atom. The highest BCUT2D eigenvalue weighted by atomic mass is 19.1. The number of ether oxygens (including phenoxy) is 1. The minimum Gasteiger partial charge on any atom is -0.508 e. The number of nitrogens with one attached hydrogen (secondary N) is 1. The normalized spacial score (nSPS) is 21.3. The quantitative estimate of drug-likeness (QED) is 0.212. The number of carbonyl (C=O) groups excluding carboxylic acids is 3. The molecule has 4 aromatic carbocycles. The second kappa shape index (κ2) is 16.6. The number of phenolic OH excluding ortho intramolecular Hbond substituents is 1. The largest absolute Gasteiger partial charge is 0.508 e. The molecule has 4 aromatic rings. The van der Waals surface area contributed by atoms with Gasteiger partial charge in [-0.1, -0.05) is 30.3 Å². The Labute approximate surface area is 334 Å². The van der Waals surface area contributed by atoms with Crippen LogP contribution in [0.2, 0.25) is 0 Å². The number of amides is 3. The lowest BCUT2D eigenvalue weighted by atomic mass is 9.75. The summed E-state index contributed by atoms with van der Waals surface area (Å²) in [6, 6.07) is 26.1. The van der Waals surface area contributed by atoms with Gasteiger partial charge in [0.2, 0.25) is 11.8 Å². The van der Waals surface area contributed by atoms with Crippen LogP contribution in [0.5, 0.6) is 11.5 Å². The standard InChI is InChI=1S/C41H45FN4O3.C5H7NO2/c1-27-21-30(5-12-38(27)42)37-26-49-39-23-34(47)9-11-36(39)40(37)29-3-6-32(7-4-29)45-15-13-28(14-16-45)24-44-17-19-46(20-18-44)33-8-10-35-31(22-33)25-43(2)41(35)48;7-4-2-1-3-5(8)6-4/h3-12,21-23,28,37,40,47H,13-20,24-26H2,1-2H3;1-3H2,(H,6,7,8). The van der Waals surface area contributed by atoms with Crippen molar-refractivity contribution in [2.45, 2.75) is 57.4 Å². The van der Waals surface area contributed by atoms with E-state index in [1.165, 1.54) is 29.8 Å². The lowest BCUT2D eigenvalue weighted by Crippen LogP contribution is -2.49. The Morgan fingerprint density at radius 1 is 0.789 bits per heavy atom. The highest BCUT2D eigenvalue weighted by Gasteiger charge is 2.34. The van der Waals surface area contributed by atoms with Gasteiger partial charge in [-0.2, -0.15) is 0 Å². The predicted molar refractivity (Wildman–Crippen MR) is 219 cm³/mol. The molecule has 0 aromatic heterocycles. The van der Waals surface area contributed by atoms with Gasteiger partial charge in [-0.25, -0.2) is 4.39 Å². The van der Waals surface area contributed by atoms with Crippen molar-refractivity contribution in [3.8, 4) is 11.5 Å². The molecule has 5 aliphatic heterocycles. The van der Waals surface area contributed by atoms with E-state index in [1.807, 2.05) is 38.2 Å². The Bertz CT molecular complexity index is 2110. The topological polar surface area (TPSA) is 106 Å². The number of fused-ring (bicyclic) bond motifs is 2. The molecular weight excluding hydrogens is 722 g/mol. The SMILES string of the molecule is Cc1cc(C2COc3cc(O)ccc3C2c2ccc(N3CCC(CN4CCN(c5ccc6c(c5)CN(C)C6=O)CC4)CC3)cc2)ccc1F.O=C1CCCC(=O)N1. The maximum Gasteiger partial charge on any atom is 0.254 e. The van der Waals surface area contributed by atoms with Gasteiger partial charge in [0.05, 0.1) is 6.61 Å². The van der Waals surface area contributed by atoms with Crippen LogP contribution in [0.3, 0.4) is 0 Å². The fourth-order valence-corrected chi connectivity index (χ4v) is 9.16. The summed E-state index contributed by atoms with van der Waals surface area (Å²) in [6.45, 7) is 10.4. The molecule has 57 heavy (non-hydrogen) atoms.